The molecule has 8 rings (SSSR count). The molecule has 0 bridgehead atoms. The Bertz CT molecular complexity index is 2190. The van der Waals surface area contributed by atoms with Crippen molar-refractivity contribution in [3.05, 3.63) is 122 Å². The molecule has 4 heterocycles. The molecule has 0 radical (unpaired) electrons. The van der Waals surface area contributed by atoms with Gasteiger partial charge in [0.25, 0.3) is 0 Å². The van der Waals surface area contributed by atoms with Crippen LogP contribution >= 0.6 is 0 Å². The minimum atomic E-state index is -0.191. The number of benzene rings is 4. The molecule has 0 saturated heterocycles. The van der Waals surface area contributed by atoms with Crippen molar-refractivity contribution < 1.29 is 0 Å². The van der Waals surface area contributed by atoms with Gasteiger partial charge in [0, 0.05) is 35.6 Å². The van der Waals surface area contributed by atoms with Crippen molar-refractivity contribution in [1.82, 2.24) is 39.9 Å². The van der Waals surface area contributed by atoms with E-state index in [2.05, 4.69) is 108 Å². The molecule has 4 aromatic heterocycles. The van der Waals surface area contributed by atoms with Crippen molar-refractivity contribution in [1.29, 1.82) is 0 Å². The van der Waals surface area contributed by atoms with E-state index in [1.54, 1.807) is 50.1 Å². The van der Waals surface area contributed by atoms with E-state index in [9.17, 15) is 0 Å². The van der Waals surface area contributed by atoms with Gasteiger partial charge in [-0.3, -0.25) is 9.80 Å². The lowest BCUT2D eigenvalue weighted by Crippen LogP contribution is -2.19. The zero-order valence-corrected chi connectivity index (χ0v) is 28.9. The number of rotatable bonds is 6. The summed E-state index contributed by atoms with van der Waals surface area (Å²) in [6.07, 6.45) is 13.3. The van der Waals surface area contributed by atoms with Gasteiger partial charge in [0.05, 0.1) is 11.4 Å². The highest BCUT2D eigenvalue weighted by Crippen LogP contribution is 2.51. The van der Waals surface area contributed by atoms with Crippen molar-refractivity contribution in [2.45, 2.75) is 52.4 Å². The molecular formula is C40H36N10. The SMILES string of the molecule is CC(C)(C)c1cc(N(c2ccncn2)c2ccncn2)c2ccc3c(C(C)(C)C)cc(N(c4ccncn4)c4ccncn4)c4ccc1c2c43. The molecular weight excluding hydrogens is 621 g/mol. The Kier molecular flexibility index (Phi) is 7.32. The summed E-state index contributed by atoms with van der Waals surface area (Å²) in [5.41, 5.74) is 4.00. The first-order valence-corrected chi connectivity index (χ1v) is 16.5. The summed E-state index contributed by atoms with van der Waals surface area (Å²) in [5.74, 6) is 2.85. The summed E-state index contributed by atoms with van der Waals surface area (Å²) in [4.78, 5) is 39.9. The number of anilines is 6. The van der Waals surface area contributed by atoms with Crippen LogP contribution in [0.4, 0.5) is 34.6 Å². The third-order valence-corrected chi connectivity index (χ3v) is 9.13. The Morgan fingerprint density at radius 2 is 0.700 bits per heavy atom. The molecule has 8 aromatic rings. The highest BCUT2D eigenvalue weighted by molar-refractivity contribution is 6.29. The Morgan fingerprint density at radius 3 is 0.960 bits per heavy atom. The average Bonchev–Trinajstić information content (AvgIpc) is 3.12. The van der Waals surface area contributed by atoms with Gasteiger partial charge in [0.15, 0.2) is 0 Å². The second-order valence-electron chi connectivity index (χ2n) is 14.4. The van der Waals surface area contributed by atoms with Crippen LogP contribution in [-0.2, 0) is 10.8 Å². The molecule has 0 fully saturated rings. The molecule has 10 heteroatoms. The lowest BCUT2D eigenvalue weighted by molar-refractivity contribution is 0.595. The summed E-state index contributed by atoms with van der Waals surface area (Å²) in [6.45, 7) is 13.6. The third-order valence-electron chi connectivity index (χ3n) is 9.13. The number of hydrogen-bond donors (Lipinski definition) is 0. The molecule has 0 aliphatic carbocycles. The van der Waals surface area contributed by atoms with Crippen molar-refractivity contribution in [3.63, 3.8) is 0 Å². The quantitative estimate of drug-likeness (QED) is 0.161. The monoisotopic (exact) mass is 656 g/mol. The smallest absolute Gasteiger partial charge is 0.142 e. The molecule has 0 unspecified atom stereocenters. The molecule has 246 valence electrons. The molecule has 4 aromatic carbocycles. The molecule has 0 spiro atoms. The van der Waals surface area contributed by atoms with Gasteiger partial charge in [-0.1, -0.05) is 65.8 Å². The molecule has 0 N–H and O–H groups in total. The topological polar surface area (TPSA) is 110 Å². The van der Waals surface area contributed by atoms with Gasteiger partial charge in [0.1, 0.15) is 48.6 Å². The zero-order chi connectivity index (χ0) is 34.6. The van der Waals surface area contributed by atoms with E-state index in [1.165, 1.54) is 32.7 Å². The Balaban J connectivity index is 1.56. The summed E-state index contributed by atoms with van der Waals surface area (Å²) in [7, 11) is 0. The lowest BCUT2D eigenvalue weighted by Gasteiger charge is -2.32. The fourth-order valence-corrected chi connectivity index (χ4v) is 6.96. The summed E-state index contributed by atoms with van der Waals surface area (Å²) in [6, 6.07) is 21.3. The molecule has 10 nitrogen and oxygen atoms in total. The van der Waals surface area contributed by atoms with Crippen molar-refractivity contribution in [2.75, 3.05) is 9.80 Å². The van der Waals surface area contributed by atoms with Gasteiger partial charge in [-0.15, -0.1) is 0 Å². The fraction of sp³-hybridized carbons (Fsp3) is 0.200. The van der Waals surface area contributed by atoms with E-state index in [-0.39, 0.29) is 10.8 Å². The number of hydrogen-bond acceptors (Lipinski definition) is 10. The largest absolute Gasteiger partial charge is 0.278 e. The number of nitrogens with zero attached hydrogens (tertiary/aromatic N) is 10. The van der Waals surface area contributed by atoms with Crippen LogP contribution in [-0.4, -0.2) is 39.9 Å². The second kappa shape index (κ2) is 11.8. The predicted molar refractivity (Wildman–Crippen MR) is 199 cm³/mol. The summed E-state index contributed by atoms with van der Waals surface area (Å²) in [5, 5.41) is 6.91. The molecule has 0 saturated carbocycles. The van der Waals surface area contributed by atoms with Crippen molar-refractivity contribution in [3.8, 4) is 0 Å². The predicted octanol–water partition coefficient (Wildman–Crippen LogP) is 9.28. The molecule has 0 aliphatic heterocycles. The van der Waals surface area contributed by atoms with Gasteiger partial charge in [-0.25, -0.2) is 39.9 Å². The maximum Gasteiger partial charge on any atom is 0.142 e. The fourth-order valence-electron chi connectivity index (χ4n) is 6.96. The summed E-state index contributed by atoms with van der Waals surface area (Å²) >= 11 is 0. The van der Waals surface area contributed by atoms with Gasteiger partial charge >= 0.3 is 0 Å². The van der Waals surface area contributed by atoms with Crippen molar-refractivity contribution >= 4 is 67.0 Å². The highest BCUT2D eigenvalue weighted by atomic mass is 15.3. The Labute approximate surface area is 290 Å². The van der Waals surface area contributed by atoms with E-state index in [1.807, 2.05) is 24.3 Å². The average molecular weight is 657 g/mol. The van der Waals surface area contributed by atoms with Gasteiger partial charge in [0.2, 0.25) is 0 Å². The van der Waals surface area contributed by atoms with Gasteiger partial charge in [-0.2, -0.15) is 0 Å². The van der Waals surface area contributed by atoms with Crippen LogP contribution in [0.2, 0.25) is 0 Å². The van der Waals surface area contributed by atoms with Crippen LogP contribution < -0.4 is 9.80 Å². The molecule has 0 aliphatic rings. The van der Waals surface area contributed by atoms with Gasteiger partial charge < -0.3 is 0 Å². The van der Waals surface area contributed by atoms with E-state index >= 15 is 0 Å². The minimum Gasteiger partial charge on any atom is -0.278 e. The first-order chi connectivity index (χ1) is 24.1. The molecule has 0 atom stereocenters. The molecule has 0 amide bonds. The van der Waals surface area contributed by atoms with Crippen LogP contribution in [0, 0.1) is 0 Å². The normalized spacial score (nSPS) is 12.2. The van der Waals surface area contributed by atoms with Crippen LogP contribution in [0.15, 0.2) is 111 Å². The van der Waals surface area contributed by atoms with Crippen LogP contribution in [0.5, 0.6) is 0 Å². The highest BCUT2D eigenvalue weighted by Gasteiger charge is 2.30. The van der Waals surface area contributed by atoms with Crippen LogP contribution in [0.3, 0.4) is 0 Å². The van der Waals surface area contributed by atoms with E-state index in [0.29, 0.717) is 23.3 Å². The standard InChI is InChI=1S/C40H36N10/c1-39(2,3)29-19-31(49(33-11-15-41-21-45-33)34-12-16-42-22-46-34)27-10-8-26-30(40(4,5)6)20-32(28-9-7-25(29)37(27)38(26)28)50(35-13-17-43-23-47-35)36-14-18-44-24-48-36/h7-24H,1-6H3. The first-order valence-electron chi connectivity index (χ1n) is 16.5. The third kappa shape index (κ3) is 5.20. The van der Waals surface area contributed by atoms with E-state index in [0.717, 1.165) is 22.1 Å². The first kappa shape index (κ1) is 31.1. The van der Waals surface area contributed by atoms with Crippen molar-refractivity contribution in [2.24, 2.45) is 0 Å². The maximum atomic E-state index is 4.71. The van der Waals surface area contributed by atoms with Crippen LogP contribution in [0.25, 0.3) is 32.3 Å². The second-order valence-corrected chi connectivity index (χ2v) is 14.4. The summed E-state index contributed by atoms with van der Waals surface area (Å²) < 4.78 is 0. The van der Waals surface area contributed by atoms with E-state index < -0.39 is 0 Å². The number of aromatic nitrogens is 8. The molecule has 50 heavy (non-hydrogen) atoms. The van der Waals surface area contributed by atoms with E-state index in [4.69, 9.17) is 19.9 Å². The lowest BCUT2D eigenvalue weighted by atomic mass is 9.77. The van der Waals surface area contributed by atoms with Crippen LogP contribution in [0.1, 0.15) is 52.7 Å². The Morgan fingerprint density at radius 1 is 0.400 bits per heavy atom. The zero-order valence-electron chi connectivity index (χ0n) is 28.9. The maximum absolute atomic E-state index is 4.71. The van der Waals surface area contributed by atoms with Gasteiger partial charge in [-0.05, 0) is 79.9 Å². The minimum absolute atomic E-state index is 0.191. The Hall–Kier alpha value is -6.16.